The fourth-order valence-electron chi connectivity index (χ4n) is 4.09. The number of aliphatic imine (C=N–C) groups is 1. The number of benzene rings is 1. The van der Waals surface area contributed by atoms with Crippen molar-refractivity contribution in [2.24, 2.45) is 4.99 Å². The molecule has 3 aromatic rings. The maximum atomic E-state index is 14.7. The third kappa shape index (κ3) is 4.65. The number of rotatable bonds is 7. The number of nitrogens with zero attached hydrogens (tertiary/aromatic N) is 4. The van der Waals surface area contributed by atoms with Gasteiger partial charge in [-0.3, -0.25) is 9.79 Å². The first kappa shape index (κ1) is 23.8. The Labute approximate surface area is 203 Å². The van der Waals surface area contributed by atoms with E-state index in [1.54, 1.807) is 18.5 Å². The Morgan fingerprint density at radius 1 is 1.14 bits per heavy atom. The lowest BCUT2D eigenvalue weighted by atomic mass is 10.0. The first-order chi connectivity index (χ1) is 17.1. The summed E-state index contributed by atoms with van der Waals surface area (Å²) >= 11 is 0. The summed E-state index contributed by atoms with van der Waals surface area (Å²) in [6, 6.07) is 5.47. The molecule has 1 N–H and O–H groups in total. The molecule has 186 valence electrons. The van der Waals surface area contributed by atoms with Crippen molar-refractivity contribution >= 4 is 17.4 Å². The molecule has 1 amide bonds. The summed E-state index contributed by atoms with van der Waals surface area (Å²) in [5.74, 6) is -1.09. The van der Waals surface area contributed by atoms with E-state index in [1.165, 1.54) is 12.1 Å². The fraction of sp³-hybridized carbons (Fsp3) is 0.320. The molecule has 36 heavy (non-hydrogen) atoms. The lowest BCUT2D eigenvalue weighted by Crippen LogP contribution is -2.28. The number of carbonyl (C=O) groups is 1. The largest absolute Gasteiger partial charge is 0.401 e. The number of anilines is 1. The summed E-state index contributed by atoms with van der Waals surface area (Å²) in [4.78, 5) is 25.4. The molecule has 0 saturated heterocycles. The number of hydrogen-bond acceptors (Lipinski definition) is 6. The second kappa shape index (κ2) is 8.96. The van der Waals surface area contributed by atoms with E-state index in [9.17, 15) is 22.4 Å². The summed E-state index contributed by atoms with van der Waals surface area (Å²) in [5.41, 5.74) is 1.31. The standard InChI is InChI=1S/C25H21F4N5O2/c1-14-15(4-7-30-14)9-21-31-12-18(13-32-21)16-2-3-17(19(26)8-16)10-23(35)33-22-11-20(36-34-22)24(5-6-24)25(27,28)29/h2-4,8,11-13H,5-7,9-10H2,1H3,(H,33,34,35). The number of alkyl halides is 3. The number of halogens is 4. The van der Waals surface area contributed by atoms with Crippen LogP contribution in [0.1, 0.15) is 36.9 Å². The van der Waals surface area contributed by atoms with E-state index >= 15 is 0 Å². The maximum Gasteiger partial charge on any atom is 0.401 e. The topological polar surface area (TPSA) is 93.3 Å². The highest BCUT2D eigenvalue weighted by Gasteiger charge is 2.66. The average molecular weight is 499 g/mol. The minimum absolute atomic E-state index is 0.0863. The number of amides is 1. The molecule has 0 radical (unpaired) electrons. The molecule has 11 heteroatoms. The smallest absolute Gasteiger partial charge is 0.358 e. The zero-order valence-electron chi connectivity index (χ0n) is 19.2. The van der Waals surface area contributed by atoms with E-state index in [4.69, 9.17) is 4.52 Å². The molecule has 1 saturated carbocycles. The van der Waals surface area contributed by atoms with Crippen LogP contribution in [-0.4, -0.2) is 39.5 Å². The molecule has 0 unspecified atom stereocenters. The molecule has 0 spiro atoms. The second-order valence-electron chi connectivity index (χ2n) is 8.91. The van der Waals surface area contributed by atoms with Gasteiger partial charge < -0.3 is 9.84 Å². The highest BCUT2D eigenvalue weighted by Crippen LogP contribution is 2.59. The zero-order valence-corrected chi connectivity index (χ0v) is 19.2. The quantitative estimate of drug-likeness (QED) is 0.463. The van der Waals surface area contributed by atoms with Gasteiger partial charge in [-0.2, -0.15) is 13.2 Å². The van der Waals surface area contributed by atoms with Crippen molar-refractivity contribution in [3.05, 3.63) is 71.3 Å². The Morgan fingerprint density at radius 2 is 1.89 bits per heavy atom. The van der Waals surface area contributed by atoms with Gasteiger partial charge in [-0.25, -0.2) is 14.4 Å². The Kier molecular flexibility index (Phi) is 5.93. The van der Waals surface area contributed by atoms with E-state index in [0.29, 0.717) is 29.9 Å². The number of nitrogens with one attached hydrogen (secondary N) is 1. The van der Waals surface area contributed by atoms with Crippen LogP contribution in [0.3, 0.4) is 0 Å². The van der Waals surface area contributed by atoms with Crippen molar-refractivity contribution < 1.29 is 26.9 Å². The van der Waals surface area contributed by atoms with E-state index in [0.717, 1.165) is 17.4 Å². The van der Waals surface area contributed by atoms with Gasteiger partial charge in [0.25, 0.3) is 0 Å². The zero-order chi connectivity index (χ0) is 25.5. The van der Waals surface area contributed by atoms with E-state index < -0.39 is 23.3 Å². The minimum Gasteiger partial charge on any atom is -0.358 e. The Bertz CT molecular complexity index is 1370. The van der Waals surface area contributed by atoms with Crippen LogP contribution in [0.5, 0.6) is 0 Å². The van der Waals surface area contributed by atoms with Crippen LogP contribution in [0.4, 0.5) is 23.4 Å². The second-order valence-corrected chi connectivity index (χ2v) is 8.91. The van der Waals surface area contributed by atoms with Gasteiger partial charge in [0.1, 0.15) is 17.1 Å². The third-order valence-corrected chi connectivity index (χ3v) is 6.46. The van der Waals surface area contributed by atoms with Gasteiger partial charge in [0.2, 0.25) is 5.91 Å². The van der Waals surface area contributed by atoms with Crippen molar-refractivity contribution in [1.29, 1.82) is 0 Å². The van der Waals surface area contributed by atoms with Gasteiger partial charge >= 0.3 is 6.18 Å². The predicted octanol–water partition coefficient (Wildman–Crippen LogP) is 4.99. The van der Waals surface area contributed by atoms with Crippen molar-refractivity contribution in [2.45, 2.75) is 44.2 Å². The molecule has 2 aromatic heterocycles. The monoisotopic (exact) mass is 499 g/mol. The van der Waals surface area contributed by atoms with Crippen LogP contribution >= 0.6 is 0 Å². The molecule has 5 rings (SSSR count). The number of aromatic nitrogens is 3. The lowest BCUT2D eigenvalue weighted by Gasteiger charge is -2.14. The van der Waals surface area contributed by atoms with Crippen molar-refractivity contribution in [1.82, 2.24) is 15.1 Å². The Hall–Kier alpha value is -3.89. The van der Waals surface area contributed by atoms with Crippen LogP contribution < -0.4 is 5.32 Å². The van der Waals surface area contributed by atoms with E-state index in [-0.39, 0.29) is 36.4 Å². The predicted molar refractivity (Wildman–Crippen MR) is 123 cm³/mol. The molecular weight excluding hydrogens is 478 g/mol. The van der Waals surface area contributed by atoms with Crippen LogP contribution in [-0.2, 0) is 23.1 Å². The van der Waals surface area contributed by atoms with Crippen molar-refractivity contribution in [3.63, 3.8) is 0 Å². The van der Waals surface area contributed by atoms with Gasteiger partial charge in [-0.05, 0) is 42.5 Å². The molecule has 1 aliphatic carbocycles. The lowest BCUT2D eigenvalue weighted by molar-refractivity contribution is -0.165. The van der Waals surface area contributed by atoms with Gasteiger partial charge in [0.15, 0.2) is 11.6 Å². The average Bonchev–Trinajstić information content (AvgIpc) is 3.39. The summed E-state index contributed by atoms with van der Waals surface area (Å²) in [5, 5.41) is 5.88. The van der Waals surface area contributed by atoms with Crippen molar-refractivity contribution in [2.75, 3.05) is 11.9 Å². The molecule has 2 aliphatic rings. The summed E-state index contributed by atoms with van der Waals surface area (Å²) < 4.78 is 59.2. The first-order valence-electron chi connectivity index (χ1n) is 11.3. The molecule has 1 aliphatic heterocycles. The van der Waals surface area contributed by atoms with Crippen LogP contribution in [0.15, 0.2) is 57.8 Å². The SMILES string of the molecule is CC1=NCC=C1Cc1ncc(-c2ccc(CC(=O)Nc3cc(C4(C(F)(F)F)CC4)on3)c(F)c2)cn1. The number of carbonyl (C=O) groups excluding carboxylic acids is 1. The number of allylic oxidation sites excluding steroid dienone is 1. The van der Waals surface area contributed by atoms with Gasteiger partial charge in [-0.1, -0.05) is 23.4 Å². The molecule has 0 bridgehead atoms. The molecule has 0 atom stereocenters. The minimum atomic E-state index is -4.45. The molecule has 1 aromatic carbocycles. The molecule has 1 fully saturated rings. The molecule has 7 nitrogen and oxygen atoms in total. The third-order valence-electron chi connectivity index (χ3n) is 6.46. The molecule has 3 heterocycles. The summed E-state index contributed by atoms with van der Waals surface area (Å²) in [6.45, 7) is 2.61. The van der Waals surface area contributed by atoms with Gasteiger partial charge in [-0.15, -0.1) is 0 Å². The first-order valence-corrected chi connectivity index (χ1v) is 11.3. The van der Waals surface area contributed by atoms with Crippen LogP contribution in [0, 0.1) is 5.82 Å². The highest BCUT2D eigenvalue weighted by atomic mass is 19.4. The van der Waals surface area contributed by atoms with Gasteiger partial charge in [0.05, 0.1) is 13.0 Å². The van der Waals surface area contributed by atoms with Crippen LogP contribution in [0.2, 0.25) is 0 Å². The maximum absolute atomic E-state index is 14.7. The highest BCUT2D eigenvalue weighted by molar-refractivity contribution is 6.00. The normalized spacial score (nSPS) is 16.5. The van der Waals surface area contributed by atoms with E-state index in [1.807, 2.05) is 13.0 Å². The number of hydrogen-bond donors (Lipinski definition) is 1. The summed E-state index contributed by atoms with van der Waals surface area (Å²) in [7, 11) is 0. The van der Waals surface area contributed by atoms with Crippen molar-refractivity contribution in [3.8, 4) is 11.1 Å². The van der Waals surface area contributed by atoms with Gasteiger partial charge in [0, 0.05) is 36.2 Å². The van der Waals surface area contributed by atoms with E-state index in [2.05, 4.69) is 25.4 Å². The Balaban J connectivity index is 1.21. The summed E-state index contributed by atoms with van der Waals surface area (Å²) in [6.07, 6.45) is 0.874. The fourth-order valence-corrected chi connectivity index (χ4v) is 4.09. The van der Waals surface area contributed by atoms with Crippen LogP contribution in [0.25, 0.3) is 11.1 Å². The Morgan fingerprint density at radius 3 is 2.50 bits per heavy atom. The molecular formula is C25H21F4N5O2.